The summed E-state index contributed by atoms with van der Waals surface area (Å²) in [6, 6.07) is 11.7. The maximum absolute atomic E-state index is 13.1. The molecule has 41 heavy (non-hydrogen) atoms. The molecule has 0 bridgehead atoms. The normalized spacial score (nSPS) is 15.5. The Morgan fingerprint density at radius 1 is 1.05 bits per heavy atom. The molecule has 1 aliphatic heterocycles. The van der Waals surface area contributed by atoms with Crippen LogP contribution in [0.25, 0.3) is 0 Å². The predicted molar refractivity (Wildman–Crippen MR) is 150 cm³/mol. The van der Waals surface area contributed by atoms with Crippen LogP contribution in [-0.2, 0) is 22.2 Å². The van der Waals surface area contributed by atoms with Crippen LogP contribution in [0, 0.1) is 0 Å². The van der Waals surface area contributed by atoms with E-state index in [1.165, 1.54) is 17.4 Å². The number of alkyl halides is 3. The standard InChI is InChI=1S/C28H27ClF3N5O3S/c29-20-6-4-18(5-7-20)26(40)37(22-8-9-22)16-24(38)34-27-33-21(17-41-27)15-25(39)36-12-10-35(11-13-36)23-3-1-2-19(14-23)28(30,31)32/h1-7,14,17,22H,8-13,15-16H2,(H,33,34,38). The second kappa shape index (κ2) is 12.1. The van der Waals surface area contributed by atoms with Crippen LogP contribution in [0.4, 0.5) is 24.0 Å². The first kappa shape index (κ1) is 28.9. The molecule has 3 amide bonds. The van der Waals surface area contributed by atoms with Gasteiger partial charge in [0.2, 0.25) is 11.8 Å². The van der Waals surface area contributed by atoms with Gasteiger partial charge in [0.1, 0.15) is 6.54 Å². The number of thiazole rings is 1. The van der Waals surface area contributed by atoms with E-state index in [1.54, 1.807) is 45.5 Å². The number of hydrogen-bond donors (Lipinski definition) is 1. The molecule has 216 valence electrons. The first-order valence-electron chi connectivity index (χ1n) is 13.1. The summed E-state index contributed by atoms with van der Waals surface area (Å²) in [5.41, 5.74) is 0.738. The number of amides is 3. The van der Waals surface area contributed by atoms with E-state index in [0.717, 1.165) is 25.0 Å². The van der Waals surface area contributed by atoms with Crippen LogP contribution in [0.1, 0.15) is 34.5 Å². The van der Waals surface area contributed by atoms with Gasteiger partial charge in [0, 0.05) is 53.9 Å². The lowest BCUT2D eigenvalue weighted by molar-refractivity contribution is -0.137. The van der Waals surface area contributed by atoms with Crippen LogP contribution in [0.2, 0.25) is 5.02 Å². The van der Waals surface area contributed by atoms with Crippen molar-refractivity contribution in [2.24, 2.45) is 0 Å². The van der Waals surface area contributed by atoms with E-state index in [4.69, 9.17) is 11.6 Å². The Morgan fingerprint density at radius 2 is 1.76 bits per heavy atom. The van der Waals surface area contributed by atoms with Gasteiger partial charge < -0.3 is 20.0 Å². The minimum atomic E-state index is -4.41. The van der Waals surface area contributed by atoms with Crippen molar-refractivity contribution in [3.63, 3.8) is 0 Å². The molecule has 2 heterocycles. The number of carbonyl (C=O) groups is 3. The van der Waals surface area contributed by atoms with Crippen LogP contribution in [0.15, 0.2) is 53.9 Å². The lowest BCUT2D eigenvalue weighted by Gasteiger charge is -2.36. The summed E-state index contributed by atoms with van der Waals surface area (Å²) >= 11 is 7.11. The van der Waals surface area contributed by atoms with E-state index < -0.39 is 11.7 Å². The van der Waals surface area contributed by atoms with Gasteiger partial charge >= 0.3 is 6.18 Å². The van der Waals surface area contributed by atoms with Crippen molar-refractivity contribution in [3.8, 4) is 0 Å². The fraction of sp³-hybridized carbons (Fsp3) is 0.357. The number of piperazine rings is 1. The Bertz CT molecular complexity index is 1420. The molecule has 8 nitrogen and oxygen atoms in total. The number of rotatable bonds is 8. The molecule has 13 heteroatoms. The molecular weight excluding hydrogens is 579 g/mol. The van der Waals surface area contributed by atoms with Crippen molar-refractivity contribution in [1.82, 2.24) is 14.8 Å². The van der Waals surface area contributed by atoms with Crippen molar-refractivity contribution in [2.75, 3.05) is 42.9 Å². The van der Waals surface area contributed by atoms with Gasteiger partial charge in [0.15, 0.2) is 5.13 Å². The zero-order valence-corrected chi connectivity index (χ0v) is 23.4. The first-order valence-corrected chi connectivity index (χ1v) is 14.3. The number of carbonyl (C=O) groups excluding carboxylic acids is 3. The second-order valence-corrected chi connectivity index (χ2v) is 11.3. The zero-order chi connectivity index (χ0) is 29.1. The average Bonchev–Trinajstić information content (AvgIpc) is 3.71. The lowest BCUT2D eigenvalue weighted by Crippen LogP contribution is -2.49. The number of nitrogens with zero attached hydrogens (tertiary/aromatic N) is 4. The minimum Gasteiger partial charge on any atom is -0.368 e. The largest absolute Gasteiger partial charge is 0.416 e. The molecule has 2 aliphatic rings. The van der Waals surface area contributed by atoms with E-state index in [9.17, 15) is 27.6 Å². The van der Waals surface area contributed by atoms with Crippen molar-refractivity contribution in [2.45, 2.75) is 31.5 Å². The quantitative estimate of drug-likeness (QED) is 0.393. The van der Waals surface area contributed by atoms with E-state index >= 15 is 0 Å². The summed E-state index contributed by atoms with van der Waals surface area (Å²) in [6.45, 7) is 1.47. The molecule has 1 N–H and O–H groups in total. The molecule has 2 fully saturated rings. The SMILES string of the molecule is O=C(CN(C(=O)c1ccc(Cl)cc1)C1CC1)Nc1nc(CC(=O)N2CCN(c3cccc(C(F)(F)F)c3)CC2)cs1. The number of nitrogens with one attached hydrogen (secondary N) is 1. The van der Waals surface area contributed by atoms with Gasteiger partial charge in [0.05, 0.1) is 17.7 Å². The molecule has 2 aromatic carbocycles. The third kappa shape index (κ3) is 7.36. The Morgan fingerprint density at radius 3 is 2.41 bits per heavy atom. The highest BCUT2D eigenvalue weighted by Crippen LogP contribution is 2.32. The maximum Gasteiger partial charge on any atom is 0.416 e. The Kier molecular flexibility index (Phi) is 8.50. The van der Waals surface area contributed by atoms with E-state index in [2.05, 4.69) is 10.3 Å². The zero-order valence-electron chi connectivity index (χ0n) is 21.9. The lowest BCUT2D eigenvalue weighted by atomic mass is 10.1. The first-order chi connectivity index (χ1) is 19.6. The molecule has 1 aliphatic carbocycles. The maximum atomic E-state index is 13.1. The van der Waals surface area contributed by atoms with E-state index in [0.29, 0.717) is 53.3 Å². The van der Waals surface area contributed by atoms with E-state index in [-0.39, 0.29) is 36.7 Å². The third-order valence-electron chi connectivity index (χ3n) is 6.96. The fourth-order valence-corrected chi connectivity index (χ4v) is 5.48. The highest BCUT2D eigenvalue weighted by Gasteiger charge is 2.35. The summed E-state index contributed by atoms with van der Waals surface area (Å²) < 4.78 is 39.2. The van der Waals surface area contributed by atoms with Gasteiger partial charge in [0.25, 0.3) is 5.91 Å². The number of hydrogen-bond acceptors (Lipinski definition) is 6. The minimum absolute atomic E-state index is 0.0162. The van der Waals surface area contributed by atoms with Gasteiger partial charge in [-0.05, 0) is 55.3 Å². The molecule has 0 radical (unpaired) electrons. The Hall–Kier alpha value is -3.64. The van der Waals surface area contributed by atoms with Crippen molar-refractivity contribution in [3.05, 3.63) is 75.8 Å². The van der Waals surface area contributed by atoms with Crippen LogP contribution in [0.3, 0.4) is 0 Å². The topological polar surface area (TPSA) is 85.8 Å². The fourth-order valence-electron chi connectivity index (χ4n) is 4.63. The number of anilines is 2. The highest BCUT2D eigenvalue weighted by molar-refractivity contribution is 7.13. The molecule has 3 aromatic rings. The molecule has 1 saturated carbocycles. The summed E-state index contributed by atoms with van der Waals surface area (Å²) in [5, 5.41) is 5.28. The predicted octanol–water partition coefficient (Wildman–Crippen LogP) is 4.95. The number of halogens is 4. The van der Waals surface area contributed by atoms with E-state index in [1.807, 2.05) is 4.90 Å². The second-order valence-electron chi connectivity index (χ2n) is 9.96. The monoisotopic (exact) mass is 605 g/mol. The summed E-state index contributed by atoms with van der Waals surface area (Å²) in [7, 11) is 0. The summed E-state index contributed by atoms with van der Waals surface area (Å²) in [5.74, 6) is -0.764. The molecule has 5 rings (SSSR count). The van der Waals surface area contributed by atoms with Gasteiger partial charge in [-0.3, -0.25) is 14.4 Å². The van der Waals surface area contributed by atoms with Gasteiger partial charge in [-0.1, -0.05) is 17.7 Å². The summed E-state index contributed by atoms with van der Waals surface area (Å²) in [6.07, 6.45) is -2.70. The summed E-state index contributed by atoms with van der Waals surface area (Å²) in [4.78, 5) is 48.0. The molecular formula is C28H27ClF3N5O3S. The molecule has 1 aromatic heterocycles. The molecule has 0 spiro atoms. The molecule has 0 atom stereocenters. The van der Waals surface area contributed by atoms with Crippen LogP contribution in [0.5, 0.6) is 0 Å². The number of benzene rings is 2. The van der Waals surface area contributed by atoms with Crippen LogP contribution in [-0.4, -0.2) is 71.3 Å². The Balaban J connectivity index is 1.11. The average molecular weight is 606 g/mol. The van der Waals surface area contributed by atoms with Crippen LogP contribution < -0.4 is 10.2 Å². The van der Waals surface area contributed by atoms with Crippen molar-refractivity contribution < 1.29 is 27.6 Å². The van der Waals surface area contributed by atoms with Crippen molar-refractivity contribution >= 4 is 51.5 Å². The van der Waals surface area contributed by atoms with Gasteiger partial charge in [-0.15, -0.1) is 11.3 Å². The van der Waals surface area contributed by atoms with Crippen molar-refractivity contribution in [1.29, 1.82) is 0 Å². The highest BCUT2D eigenvalue weighted by atomic mass is 35.5. The Labute approximate surface area is 243 Å². The van der Waals surface area contributed by atoms with Crippen LogP contribution >= 0.6 is 22.9 Å². The third-order valence-corrected chi connectivity index (χ3v) is 8.01. The van der Waals surface area contributed by atoms with Gasteiger partial charge in [-0.25, -0.2) is 4.98 Å². The molecule has 1 saturated heterocycles. The smallest absolute Gasteiger partial charge is 0.368 e. The van der Waals surface area contributed by atoms with Gasteiger partial charge in [-0.2, -0.15) is 13.2 Å². The molecule has 0 unspecified atom stereocenters. The number of aromatic nitrogens is 1.